The van der Waals surface area contributed by atoms with E-state index in [1.165, 1.54) is 6.92 Å². The highest BCUT2D eigenvalue weighted by atomic mass is 19.1. The second-order valence-corrected chi connectivity index (χ2v) is 5.31. The first-order valence-corrected chi connectivity index (χ1v) is 6.70. The fourth-order valence-electron chi connectivity index (χ4n) is 2.44. The van der Waals surface area contributed by atoms with Gasteiger partial charge in [0.25, 0.3) is 5.91 Å². The van der Waals surface area contributed by atoms with Gasteiger partial charge in [-0.25, -0.2) is 13.6 Å². The molecule has 7 nitrogen and oxygen atoms in total. The number of aromatic nitrogens is 2. The SMILES string of the molecule is Cc1noc(CN2C(=O)N[C@@](C)(c3cc(F)ccc3F)C2=O)n1. The van der Waals surface area contributed by atoms with Crippen molar-refractivity contribution in [1.82, 2.24) is 20.4 Å². The monoisotopic (exact) mass is 322 g/mol. The third-order valence-corrected chi connectivity index (χ3v) is 3.61. The van der Waals surface area contributed by atoms with Gasteiger partial charge in [0.2, 0.25) is 5.89 Å². The molecule has 1 aromatic carbocycles. The Morgan fingerprint density at radius 1 is 1.35 bits per heavy atom. The van der Waals surface area contributed by atoms with Crippen LogP contribution in [0.25, 0.3) is 0 Å². The molecule has 0 unspecified atom stereocenters. The van der Waals surface area contributed by atoms with E-state index in [2.05, 4.69) is 15.5 Å². The summed E-state index contributed by atoms with van der Waals surface area (Å²) >= 11 is 0. The summed E-state index contributed by atoms with van der Waals surface area (Å²) in [6.07, 6.45) is 0. The maximum absolute atomic E-state index is 14.0. The van der Waals surface area contributed by atoms with Gasteiger partial charge in [-0.1, -0.05) is 5.16 Å². The van der Waals surface area contributed by atoms with Gasteiger partial charge in [-0.3, -0.25) is 9.69 Å². The zero-order valence-corrected chi connectivity index (χ0v) is 12.3. The molecule has 0 spiro atoms. The molecule has 1 saturated heterocycles. The fourth-order valence-corrected chi connectivity index (χ4v) is 2.44. The number of hydrogen-bond acceptors (Lipinski definition) is 5. The van der Waals surface area contributed by atoms with Crippen LogP contribution in [0.15, 0.2) is 22.7 Å². The summed E-state index contributed by atoms with van der Waals surface area (Å²) in [5, 5.41) is 5.95. The largest absolute Gasteiger partial charge is 0.337 e. The van der Waals surface area contributed by atoms with Crippen molar-refractivity contribution in [2.75, 3.05) is 0 Å². The van der Waals surface area contributed by atoms with E-state index in [0.717, 1.165) is 23.1 Å². The topological polar surface area (TPSA) is 88.3 Å². The zero-order chi connectivity index (χ0) is 16.8. The summed E-state index contributed by atoms with van der Waals surface area (Å²) in [5.74, 6) is -1.82. The number of urea groups is 1. The molecule has 1 atom stereocenters. The van der Waals surface area contributed by atoms with Gasteiger partial charge in [0.05, 0.1) is 0 Å². The van der Waals surface area contributed by atoms with Crippen LogP contribution in [0, 0.1) is 18.6 Å². The number of hydrogen-bond donors (Lipinski definition) is 1. The zero-order valence-electron chi connectivity index (χ0n) is 12.3. The van der Waals surface area contributed by atoms with E-state index in [4.69, 9.17) is 4.52 Å². The predicted molar refractivity (Wildman–Crippen MR) is 71.8 cm³/mol. The van der Waals surface area contributed by atoms with Gasteiger partial charge >= 0.3 is 6.03 Å². The molecule has 0 bridgehead atoms. The van der Waals surface area contributed by atoms with Gasteiger partial charge in [-0.05, 0) is 32.0 Å². The van der Waals surface area contributed by atoms with Crippen LogP contribution in [0.4, 0.5) is 13.6 Å². The molecule has 0 saturated carbocycles. The number of aryl methyl sites for hydroxylation is 1. The average Bonchev–Trinajstić information content (AvgIpc) is 2.99. The van der Waals surface area contributed by atoms with Crippen molar-refractivity contribution in [1.29, 1.82) is 0 Å². The summed E-state index contributed by atoms with van der Waals surface area (Å²) in [6, 6.07) is 1.97. The highest BCUT2D eigenvalue weighted by Crippen LogP contribution is 2.31. The molecule has 120 valence electrons. The van der Waals surface area contributed by atoms with Crippen molar-refractivity contribution < 1.29 is 22.9 Å². The Hall–Kier alpha value is -2.84. The third-order valence-electron chi connectivity index (χ3n) is 3.61. The predicted octanol–water partition coefficient (Wildman–Crippen LogP) is 1.62. The van der Waals surface area contributed by atoms with E-state index in [-0.39, 0.29) is 18.0 Å². The highest BCUT2D eigenvalue weighted by molar-refractivity contribution is 6.07. The van der Waals surface area contributed by atoms with Crippen LogP contribution < -0.4 is 5.32 Å². The number of halogens is 2. The molecule has 3 rings (SSSR count). The fraction of sp³-hybridized carbons (Fsp3) is 0.286. The van der Waals surface area contributed by atoms with Crippen LogP contribution in [0.3, 0.4) is 0 Å². The molecule has 0 radical (unpaired) electrons. The summed E-state index contributed by atoms with van der Waals surface area (Å²) in [4.78, 5) is 29.4. The molecule has 1 fully saturated rings. The number of carbonyl (C=O) groups is 2. The van der Waals surface area contributed by atoms with Crippen molar-refractivity contribution in [3.63, 3.8) is 0 Å². The Bertz CT molecular complexity index is 807. The number of carbonyl (C=O) groups excluding carboxylic acids is 2. The van der Waals surface area contributed by atoms with Crippen LogP contribution in [0.2, 0.25) is 0 Å². The summed E-state index contributed by atoms with van der Waals surface area (Å²) < 4.78 is 32.3. The van der Waals surface area contributed by atoms with Crippen LogP contribution >= 0.6 is 0 Å². The number of amides is 3. The van der Waals surface area contributed by atoms with Crippen molar-refractivity contribution >= 4 is 11.9 Å². The number of imide groups is 1. The molecule has 23 heavy (non-hydrogen) atoms. The van der Waals surface area contributed by atoms with Gasteiger partial charge in [-0.2, -0.15) is 4.98 Å². The third kappa shape index (κ3) is 2.43. The maximum atomic E-state index is 14.0. The molecular weight excluding hydrogens is 310 g/mol. The molecule has 1 aromatic heterocycles. The Morgan fingerprint density at radius 2 is 2.09 bits per heavy atom. The van der Waals surface area contributed by atoms with Gasteiger partial charge in [-0.15, -0.1) is 0 Å². The van der Waals surface area contributed by atoms with E-state index in [9.17, 15) is 18.4 Å². The van der Waals surface area contributed by atoms with Crippen LogP contribution in [-0.2, 0) is 16.9 Å². The maximum Gasteiger partial charge on any atom is 0.325 e. The number of nitrogens with zero attached hydrogens (tertiary/aromatic N) is 3. The summed E-state index contributed by atoms with van der Waals surface area (Å²) in [7, 11) is 0. The van der Waals surface area contributed by atoms with Gasteiger partial charge < -0.3 is 9.84 Å². The van der Waals surface area contributed by atoms with Crippen LogP contribution in [0.1, 0.15) is 24.2 Å². The quantitative estimate of drug-likeness (QED) is 0.868. The van der Waals surface area contributed by atoms with E-state index >= 15 is 0 Å². The molecule has 1 aliphatic heterocycles. The number of nitrogens with one attached hydrogen (secondary N) is 1. The second-order valence-electron chi connectivity index (χ2n) is 5.31. The van der Waals surface area contributed by atoms with Gasteiger partial charge in [0.1, 0.15) is 23.7 Å². The Balaban J connectivity index is 1.95. The van der Waals surface area contributed by atoms with E-state index in [1.807, 2.05) is 0 Å². The molecule has 1 N–H and O–H groups in total. The van der Waals surface area contributed by atoms with Crippen molar-refractivity contribution in [2.24, 2.45) is 0 Å². The number of benzene rings is 1. The first-order chi connectivity index (χ1) is 10.8. The number of rotatable bonds is 3. The molecule has 3 amide bonds. The molecule has 1 aliphatic rings. The minimum Gasteiger partial charge on any atom is -0.337 e. The lowest BCUT2D eigenvalue weighted by Gasteiger charge is -2.22. The lowest BCUT2D eigenvalue weighted by molar-refractivity contribution is -0.131. The highest BCUT2D eigenvalue weighted by Gasteiger charge is 2.50. The first kappa shape index (κ1) is 15.1. The van der Waals surface area contributed by atoms with Gasteiger partial charge in [0, 0.05) is 5.56 Å². The minimum atomic E-state index is -1.71. The van der Waals surface area contributed by atoms with E-state index in [0.29, 0.717) is 5.82 Å². The first-order valence-electron chi connectivity index (χ1n) is 6.70. The molecular formula is C14H12F2N4O3. The van der Waals surface area contributed by atoms with Crippen LogP contribution in [-0.4, -0.2) is 27.0 Å². The Labute approximate surface area is 129 Å². The van der Waals surface area contributed by atoms with Crippen molar-refractivity contribution in [2.45, 2.75) is 25.9 Å². The average molecular weight is 322 g/mol. The smallest absolute Gasteiger partial charge is 0.325 e. The lowest BCUT2D eigenvalue weighted by Crippen LogP contribution is -2.41. The lowest BCUT2D eigenvalue weighted by atomic mass is 9.91. The Morgan fingerprint density at radius 3 is 2.74 bits per heavy atom. The summed E-state index contributed by atoms with van der Waals surface area (Å²) in [6.45, 7) is 2.65. The Kier molecular flexibility index (Phi) is 3.35. The molecule has 2 heterocycles. The van der Waals surface area contributed by atoms with Crippen LogP contribution in [0.5, 0.6) is 0 Å². The molecule has 0 aliphatic carbocycles. The molecule has 9 heteroatoms. The minimum absolute atomic E-state index is 0.0648. The standard InChI is InChI=1S/C14H12F2N4O3/c1-7-17-11(23-19-7)6-20-12(21)14(2,18-13(20)22)9-5-8(15)3-4-10(9)16/h3-5H,6H2,1-2H3,(H,18,22)/t14-/m0/s1. The van der Waals surface area contributed by atoms with Crippen molar-refractivity contribution in [3.8, 4) is 0 Å². The van der Waals surface area contributed by atoms with E-state index < -0.39 is 29.1 Å². The van der Waals surface area contributed by atoms with E-state index in [1.54, 1.807) is 6.92 Å². The summed E-state index contributed by atoms with van der Waals surface area (Å²) in [5.41, 5.74) is -1.96. The molecule has 2 aromatic rings. The second kappa shape index (κ2) is 5.11. The van der Waals surface area contributed by atoms with Crippen molar-refractivity contribution in [3.05, 3.63) is 47.1 Å². The van der Waals surface area contributed by atoms with Gasteiger partial charge in [0.15, 0.2) is 5.82 Å². The normalized spacial score (nSPS) is 21.0.